The van der Waals surface area contributed by atoms with Crippen molar-refractivity contribution in [3.05, 3.63) is 113 Å². The first-order valence-corrected chi connectivity index (χ1v) is 14.7. The molecule has 0 saturated carbocycles. The van der Waals surface area contributed by atoms with Crippen molar-refractivity contribution >= 4 is 23.2 Å². The molecule has 42 heavy (non-hydrogen) atoms. The van der Waals surface area contributed by atoms with Crippen LogP contribution in [-0.2, 0) is 12.8 Å². The number of piperidine rings is 1. The molecule has 3 aromatic carbocycles. The molecule has 0 spiro atoms. The lowest BCUT2D eigenvalue weighted by Crippen LogP contribution is -2.34. The topological polar surface area (TPSA) is 86.0 Å². The highest BCUT2D eigenvalue weighted by Gasteiger charge is 2.23. The average molecular weight is 566 g/mol. The normalized spacial score (nSPS) is 13.6. The number of nitrogens with one attached hydrogen (secondary N) is 1. The van der Waals surface area contributed by atoms with Crippen LogP contribution in [0.25, 0.3) is 0 Å². The van der Waals surface area contributed by atoms with E-state index in [0.717, 1.165) is 56.3 Å². The van der Waals surface area contributed by atoms with Crippen molar-refractivity contribution in [2.45, 2.75) is 39.0 Å². The Balaban J connectivity index is 1.26. The third-order valence-electron chi connectivity index (χ3n) is 8.17. The van der Waals surface area contributed by atoms with E-state index in [1.54, 1.807) is 42.3 Å². The van der Waals surface area contributed by atoms with Crippen molar-refractivity contribution in [2.75, 3.05) is 36.9 Å². The molecule has 0 radical (unpaired) electrons. The molecule has 0 atom stereocenters. The van der Waals surface area contributed by atoms with Gasteiger partial charge in [0.1, 0.15) is 5.75 Å². The average Bonchev–Trinajstić information content (AvgIpc) is 3.55. The molecule has 1 saturated heterocycles. The summed E-state index contributed by atoms with van der Waals surface area (Å²) in [6.07, 6.45) is 6.03. The zero-order chi connectivity index (χ0) is 29.5. The van der Waals surface area contributed by atoms with Crippen LogP contribution in [0.4, 0.5) is 11.4 Å². The predicted octanol–water partition coefficient (Wildman–Crippen LogP) is 6.71. The molecule has 0 unspecified atom stereocenters. The number of nitrogens with zero attached hydrogens (tertiary/aromatic N) is 2. The third-order valence-corrected chi connectivity index (χ3v) is 8.17. The zero-order valence-corrected chi connectivity index (χ0v) is 24.4. The molecule has 2 heterocycles. The van der Waals surface area contributed by atoms with Crippen LogP contribution in [0.2, 0.25) is 0 Å². The van der Waals surface area contributed by atoms with Crippen molar-refractivity contribution in [3.63, 3.8) is 0 Å². The summed E-state index contributed by atoms with van der Waals surface area (Å²) < 4.78 is 5.32. The maximum absolute atomic E-state index is 13.4. The number of phenolic OH excluding ortho intramolecular Hbond substituents is 1. The lowest BCUT2D eigenvalue weighted by Gasteiger charge is -2.35. The second-order valence-corrected chi connectivity index (χ2v) is 11.2. The van der Waals surface area contributed by atoms with Crippen LogP contribution in [0.1, 0.15) is 56.9 Å². The Morgan fingerprint density at radius 3 is 2.48 bits per heavy atom. The molecule has 7 nitrogen and oxygen atoms in total. The van der Waals surface area contributed by atoms with Gasteiger partial charge in [0.15, 0.2) is 5.76 Å². The zero-order valence-electron chi connectivity index (χ0n) is 24.4. The summed E-state index contributed by atoms with van der Waals surface area (Å²) in [5.41, 5.74) is 5.93. The Hall–Kier alpha value is -4.52. The molecule has 0 bridgehead atoms. The molecular formula is C35H39N3O4. The quantitative estimate of drug-likeness (QED) is 0.223. The first-order chi connectivity index (χ1) is 20.4. The molecule has 7 heteroatoms. The van der Waals surface area contributed by atoms with E-state index in [1.165, 1.54) is 17.5 Å². The van der Waals surface area contributed by atoms with Crippen molar-refractivity contribution in [3.8, 4) is 5.75 Å². The van der Waals surface area contributed by atoms with Crippen molar-refractivity contribution in [1.82, 2.24) is 4.90 Å². The number of carbonyl (C=O) groups excluding carboxylic acids is 2. The minimum atomic E-state index is -0.331. The summed E-state index contributed by atoms with van der Waals surface area (Å²) in [5, 5.41) is 12.5. The monoisotopic (exact) mass is 565 g/mol. The Labute approximate surface area is 247 Å². The number of aromatic hydroxyl groups is 1. The Morgan fingerprint density at radius 2 is 1.76 bits per heavy atom. The van der Waals surface area contributed by atoms with E-state index in [-0.39, 0.29) is 23.3 Å². The molecule has 2 amide bonds. The fraction of sp³-hybridized carbons (Fsp3) is 0.314. The Morgan fingerprint density at radius 1 is 1.00 bits per heavy atom. The van der Waals surface area contributed by atoms with Crippen LogP contribution >= 0.6 is 0 Å². The molecule has 1 aliphatic heterocycles. The number of hydrogen-bond donors (Lipinski definition) is 2. The van der Waals surface area contributed by atoms with Crippen LogP contribution in [-0.4, -0.2) is 48.5 Å². The number of carbonyl (C=O) groups is 2. The molecule has 1 aliphatic rings. The summed E-state index contributed by atoms with van der Waals surface area (Å²) in [5.74, 6) is 0.538. The highest BCUT2D eigenvalue weighted by molar-refractivity contribution is 6.04. The van der Waals surface area contributed by atoms with Gasteiger partial charge >= 0.3 is 0 Å². The summed E-state index contributed by atoms with van der Waals surface area (Å²) in [4.78, 5) is 30.5. The van der Waals surface area contributed by atoms with E-state index in [0.29, 0.717) is 23.7 Å². The summed E-state index contributed by atoms with van der Waals surface area (Å²) in [6, 6.07) is 24.7. The van der Waals surface area contributed by atoms with E-state index in [4.69, 9.17) is 4.42 Å². The molecule has 5 rings (SSSR count). The van der Waals surface area contributed by atoms with E-state index < -0.39 is 0 Å². The van der Waals surface area contributed by atoms with Crippen molar-refractivity contribution < 1.29 is 19.1 Å². The number of aryl methyl sites for hydroxylation is 2. The molecule has 2 N–H and O–H groups in total. The molecule has 0 aliphatic carbocycles. The van der Waals surface area contributed by atoms with E-state index in [1.807, 2.05) is 24.3 Å². The Kier molecular flexibility index (Phi) is 9.27. The summed E-state index contributed by atoms with van der Waals surface area (Å²) >= 11 is 0. The second-order valence-electron chi connectivity index (χ2n) is 11.2. The number of amides is 2. The third kappa shape index (κ3) is 7.21. The SMILES string of the molecule is Cc1ccccc1N1CCC(Cc2ccc(C(=O)N(C)CCCc3ccc(O)cc3)cc2NC(=O)c2ccco2)CC1. The number of hydrogen-bond acceptors (Lipinski definition) is 5. The largest absolute Gasteiger partial charge is 0.508 e. The number of benzene rings is 3. The fourth-order valence-electron chi connectivity index (χ4n) is 5.71. The van der Waals surface area contributed by atoms with Gasteiger partial charge in [-0.15, -0.1) is 0 Å². The highest BCUT2D eigenvalue weighted by Crippen LogP contribution is 2.30. The second kappa shape index (κ2) is 13.4. The van der Waals surface area contributed by atoms with Crippen molar-refractivity contribution in [1.29, 1.82) is 0 Å². The minimum Gasteiger partial charge on any atom is -0.508 e. The fourth-order valence-corrected chi connectivity index (χ4v) is 5.71. The highest BCUT2D eigenvalue weighted by atomic mass is 16.3. The van der Waals surface area contributed by atoms with Gasteiger partial charge in [-0.05, 0) is 104 Å². The van der Waals surface area contributed by atoms with Gasteiger partial charge in [-0.3, -0.25) is 9.59 Å². The maximum atomic E-state index is 13.4. The number of rotatable bonds is 10. The van der Waals surface area contributed by atoms with Gasteiger partial charge in [0.05, 0.1) is 6.26 Å². The molecule has 4 aromatic rings. The van der Waals surface area contributed by atoms with Gasteiger partial charge in [-0.2, -0.15) is 0 Å². The maximum Gasteiger partial charge on any atom is 0.291 e. The van der Waals surface area contributed by atoms with Gasteiger partial charge in [-0.25, -0.2) is 0 Å². The van der Waals surface area contributed by atoms with Gasteiger partial charge in [-0.1, -0.05) is 36.4 Å². The van der Waals surface area contributed by atoms with Crippen LogP contribution in [0.15, 0.2) is 89.5 Å². The van der Waals surface area contributed by atoms with Crippen LogP contribution in [0.5, 0.6) is 5.75 Å². The summed E-state index contributed by atoms with van der Waals surface area (Å²) in [7, 11) is 1.80. The first kappa shape index (κ1) is 29.0. The molecule has 218 valence electrons. The van der Waals surface area contributed by atoms with Crippen LogP contribution in [0, 0.1) is 12.8 Å². The van der Waals surface area contributed by atoms with Crippen molar-refractivity contribution in [2.24, 2.45) is 5.92 Å². The van der Waals surface area contributed by atoms with E-state index in [2.05, 4.69) is 41.4 Å². The number of para-hydroxylation sites is 1. The lowest BCUT2D eigenvalue weighted by molar-refractivity contribution is 0.0793. The smallest absolute Gasteiger partial charge is 0.291 e. The van der Waals surface area contributed by atoms with Gasteiger partial charge in [0.2, 0.25) is 0 Å². The summed E-state index contributed by atoms with van der Waals surface area (Å²) in [6.45, 7) is 4.74. The number of furan rings is 1. The Bertz CT molecular complexity index is 1490. The van der Waals surface area contributed by atoms with Crippen LogP contribution < -0.4 is 10.2 Å². The van der Waals surface area contributed by atoms with Gasteiger partial charge in [0, 0.05) is 43.6 Å². The van der Waals surface area contributed by atoms with E-state index >= 15 is 0 Å². The molecule has 1 aromatic heterocycles. The van der Waals surface area contributed by atoms with Gasteiger partial charge < -0.3 is 24.6 Å². The van der Waals surface area contributed by atoms with Crippen LogP contribution in [0.3, 0.4) is 0 Å². The lowest BCUT2D eigenvalue weighted by atomic mass is 9.88. The number of anilines is 2. The molecule has 1 fully saturated rings. The minimum absolute atomic E-state index is 0.0905. The predicted molar refractivity (Wildman–Crippen MR) is 166 cm³/mol. The van der Waals surface area contributed by atoms with E-state index in [9.17, 15) is 14.7 Å². The standard InChI is InChI=1S/C35H39N3O4/c1-25-7-3-4-9-32(25)38-20-17-27(18-21-38)23-28-13-14-29(24-31(28)36-34(40)33-10-6-22-42-33)35(41)37(2)19-5-8-26-11-15-30(39)16-12-26/h3-4,6-7,9-16,22,24,27,39H,5,8,17-21,23H2,1-2H3,(H,36,40). The molecular weight excluding hydrogens is 526 g/mol. The first-order valence-electron chi connectivity index (χ1n) is 14.7. The van der Waals surface area contributed by atoms with Gasteiger partial charge in [0.25, 0.3) is 11.8 Å². The number of phenols is 1.